The first kappa shape index (κ1) is 17.3. The van der Waals surface area contributed by atoms with E-state index in [1.807, 2.05) is 18.2 Å². The van der Waals surface area contributed by atoms with E-state index in [-0.39, 0.29) is 24.0 Å². The molecule has 0 saturated heterocycles. The summed E-state index contributed by atoms with van der Waals surface area (Å²) in [4.78, 5) is 17.0. The Morgan fingerprint density at radius 1 is 1.50 bits per heavy atom. The Labute approximate surface area is 146 Å². The Kier molecular flexibility index (Phi) is 5.15. The average Bonchev–Trinajstić information content (AvgIpc) is 3.13. The summed E-state index contributed by atoms with van der Waals surface area (Å²) in [6.45, 7) is 5.09. The first-order chi connectivity index (χ1) is 11.6. The van der Waals surface area contributed by atoms with E-state index in [1.54, 1.807) is 0 Å². The quantitative estimate of drug-likeness (QED) is 0.789. The fraction of sp³-hybridized carbons (Fsp3) is 0.556. The lowest BCUT2D eigenvalue weighted by Gasteiger charge is -2.30. The van der Waals surface area contributed by atoms with Crippen LogP contribution in [0.5, 0.6) is 0 Å². The van der Waals surface area contributed by atoms with Crippen molar-refractivity contribution in [2.45, 2.75) is 50.9 Å². The van der Waals surface area contributed by atoms with Gasteiger partial charge in [0.05, 0.1) is 23.4 Å². The zero-order valence-corrected chi connectivity index (χ0v) is 15.1. The van der Waals surface area contributed by atoms with Gasteiger partial charge in [-0.1, -0.05) is 37.2 Å². The van der Waals surface area contributed by atoms with Gasteiger partial charge in [0.15, 0.2) is 5.16 Å². The third-order valence-corrected chi connectivity index (χ3v) is 6.02. The van der Waals surface area contributed by atoms with E-state index in [1.165, 1.54) is 11.8 Å². The molecule has 0 aliphatic heterocycles. The zero-order chi connectivity index (χ0) is 17.2. The molecule has 2 N–H and O–H groups in total. The van der Waals surface area contributed by atoms with Gasteiger partial charge in [-0.15, -0.1) is 0 Å². The van der Waals surface area contributed by atoms with Crippen LogP contribution in [0.25, 0.3) is 11.0 Å². The number of aliphatic hydroxyl groups excluding tert-OH is 1. The molecule has 6 heteroatoms. The number of para-hydroxylation sites is 2. The average molecular weight is 347 g/mol. The minimum absolute atomic E-state index is 0.0151. The van der Waals surface area contributed by atoms with Crippen molar-refractivity contribution in [3.8, 4) is 0 Å². The number of hydrogen-bond donors (Lipinski definition) is 2. The first-order valence-electron chi connectivity index (χ1n) is 8.55. The topological polar surface area (TPSA) is 67.2 Å². The van der Waals surface area contributed by atoms with Crippen molar-refractivity contribution in [3.63, 3.8) is 0 Å². The van der Waals surface area contributed by atoms with Gasteiger partial charge < -0.3 is 15.0 Å². The maximum absolute atomic E-state index is 12.3. The smallest absolute Gasteiger partial charge is 0.230 e. The minimum atomic E-state index is -0.184. The number of carbonyl (C=O) groups excluding carboxylic acids is 1. The van der Waals surface area contributed by atoms with Crippen LogP contribution in [0.1, 0.15) is 33.1 Å². The largest absolute Gasteiger partial charge is 0.396 e. The molecule has 0 spiro atoms. The summed E-state index contributed by atoms with van der Waals surface area (Å²) in [5.41, 5.74) is 1.88. The van der Waals surface area contributed by atoms with Gasteiger partial charge in [0.25, 0.3) is 0 Å². The summed E-state index contributed by atoms with van der Waals surface area (Å²) in [5.74, 6) is 0.364. The number of imidazole rings is 1. The van der Waals surface area contributed by atoms with Crippen LogP contribution >= 0.6 is 11.8 Å². The van der Waals surface area contributed by atoms with Gasteiger partial charge in [-0.25, -0.2) is 4.98 Å². The minimum Gasteiger partial charge on any atom is -0.396 e. The molecule has 1 saturated carbocycles. The fourth-order valence-corrected chi connectivity index (χ4v) is 4.39. The van der Waals surface area contributed by atoms with Crippen molar-refractivity contribution in [2.75, 3.05) is 12.4 Å². The molecule has 5 nitrogen and oxygen atoms in total. The molecule has 1 aromatic heterocycles. The molecule has 2 aromatic rings. The summed E-state index contributed by atoms with van der Waals surface area (Å²) < 4.78 is 2.14. The van der Waals surface area contributed by atoms with Crippen LogP contribution in [0.3, 0.4) is 0 Å². The maximum Gasteiger partial charge on any atom is 0.230 e. The van der Waals surface area contributed by atoms with E-state index in [4.69, 9.17) is 0 Å². The number of nitrogens with zero attached hydrogens (tertiary/aromatic N) is 2. The highest BCUT2D eigenvalue weighted by Gasteiger charge is 2.39. The predicted molar refractivity (Wildman–Crippen MR) is 97.1 cm³/mol. The Morgan fingerprint density at radius 2 is 2.29 bits per heavy atom. The molecule has 1 fully saturated rings. The highest BCUT2D eigenvalue weighted by atomic mass is 32.2. The number of rotatable bonds is 6. The second kappa shape index (κ2) is 7.15. The Bertz CT molecular complexity index is 730. The third kappa shape index (κ3) is 3.30. The van der Waals surface area contributed by atoms with E-state index < -0.39 is 0 Å². The number of thioether (sulfide) groups is 1. The van der Waals surface area contributed by atoms with Crippen LogP contribution in [0, 0.1) is 5.41 Å². The molecule has 1 amide bonds. The molecule has 3 rings (SSSR count). The normalized spacial score (nSPS) is 23.7. The summed E-state index contributed by atoms with van der Waals surface area (Å²) in [6, 6.07) is 8.11. The van der Waals surface area contributed by atoms with Crippen LogP contribution in [0.15, 0.2) is 29.4 Å². The Morgan fingerprint density at radius 3 is 3.04 bits per heavy atom. The Balaban J connectivity index is 1.64. The molecule has 0 bridgehead atoms. The standard InChI is InChI=1S/C18H25N3O2S/c1-3-21-14-8-5-4-7-13(14)19-17(21)24-11-16(23)20-15-9-6-10-18(15,2)12-22/h4-5,7-8,15,22H,3,6,9-12H2,1-2H3,(H,20,23). The van der Waals surface area contributed by atoms with E-state index in [2.05, 4.69) is 34.8 Å². The van der Waals surface area contributed by atoms with E-state index in [9.17, 15) is 9.90 Å². The van der Waals surface area contributed by atoms with E-state index in [0.29, 0.717) is 5.75 Å². The van der Waals surface area contributed by atoms with Gasteiger partial charge in [0.2, 0.25) is 5.91 Å². The number of benzene rings is 1. The number of aromatic nitrogens is 2. The predicted octanol–water partition coefficient (Wildman–Crippen LogP) is 2.82. The number of carbonyl (C=O) groups is 1. The van der Waals surface area contributed by atoms with Gasteiger partial charge in [-0.2, -0.15) is 0 Å². The van der Waals surface area contributed by atoms with Crippen LogP contribution in [0.4, 0.5) is 0 Å². The van der Waals surface area contributed by atoms with E-state index >= 15 is 0 Å². The maximum atomic E-state index is 12.3. The second-order valence-corrected chi connectivity index (χ2v) is 7.68. The molecular weight excluding hydrogens is 322 g/mol. The van der Waals surface area contributed by atoms with Gasteiger partial charge in [0.1, 0.15) is 0 Å². The van der Waals surface area contributed by atoms with Crippen molar-refractivity contribution >= 4 is 28.7 Å². The number of aryl methyl sites for hydroxylation is 1. The molecular formula is C18H25N3O2S. The van der Waals surface area contributed by atoms with Crippen LogP contribution < -0.4 is 5.32 Å². The molecule has 2 unspecified atom stereocenters. The molecule has 1 aromatic carbocycles. The van der Waals surface area contributed by atoms with Crippen molar-refractivity contribution in [1.82, 2.24) is 14.9 Å². The molecule has 1 aliphatic rings. The number of hydrogen-bond acceptors (Lipinski definition) is 4. The lowest BCUT2D eigenvalue weighted by atomic mass is 9.86. The molecule has 2 atom stereocenters. The SMILES string of the molecule is CCn1c(SCC(=O)NC2CCCC2(C)CO)nc2ccccc21. The number of nitrogens with one attached hydrogen (secondary N) is 1. The van der Waals surface area contributed by atoms with Gasteiger partial charge in [-0.3, -0.25) is 4.79 Å². The third-order valence-electron chi connectivity index (χ3n) is 5.05. The molecule has 1 aliphatic carbocycles. The van der Waals surface area contributed by atoms with Crippen LogP contribution in [0.2, 0.25) is 0 Å². The number of amides is 1. The van der Waals surface area contributed by atoms with Crippen LogP contribution in [-0.2, 0) is 11.3 Å². The summed E-state index contributed by atoms with van der Waals surface area (Å²) in [7, 11) is 0. The highest BCUT2D eigenvalue weighted by Crippen LogP contribution is 2.37. The lowest BCUT2D eigenvalue weighted by Crippen LogP contribution is -2.45. The zero-order valence-electron chi connectivity index (χ0n) is 14.3. The van der Waals surface area contributed by atoms with Crippen molar-refractivity contribution in [2.24, 2.45) is 5.41 Å². The number of fused-ring (bicyclic) bond motifs is 1. The summed E-state index contributed by atoms with van der Waals surface area (Å²) in [5, 5.41) is 13.6. The van der Waals surface area contributed by atoms with Gasteiger partial charge in [-0.05, 0) is 31.9 Å². The molecule has 0 radical (unpaired) electrons. The number of aliphatic hydroxyl groups is 1. The summed E-state index contributed by atoms with van der Waals surface area (Å²) >= 11 is 1.47. The van der Waals surface area contributed by atoms with Crippen molar-refractivity contribution < 1.29 is 9.90 Å². The van der Waals surface area contributed by atoms with E-state index in [0.717, 1.165) is 42.0 Å². The molecule has 130 valence electrons. The molecule has 1 heterocycles. The monoisotopic (exact) mass is 347 g/mol. The second-order valence-electron chi connectivity index (χ2n) is 6.74. The van der Waals surface area contributed by atoms with Gasteiger partial charge in [0, 0.05) is 18.0 Å². The van der Waals surface area contributed by atoms with Crippen molar-refractivity contribution in [3.05, 3.63) is 24.3 Å². The summed E-state index contributed by atoms with van der Waals surface area (Å²) in [6.07, 6.45) is 2.97. The highest BCUT2D eigenvalue weighted by molar-refractivity contribution is 7.99. The molecule has 24 heavy (non-hydrogen) atoms. The van der Waals surface area contributed by atoms with Crippen LogP contribution in [-0.4, -0.2) is 39.0 Å². The Hall–Kier alpha value is -1.53. The lowest BCUT2D eigenvalue weighted by molar-refractivity contribution is -0.120. The first-order valence-corrected chi connectivity index (χ1v) is 9.54. The van der Waals surface area contributed by atoms with Crippen molar-refractivity contribution in [1.29, 1.82) is 0 Å². The fourth-order valence-electron chi connectivity index (χ4n) is 3.50. The van der Waals surface area contributed by atoms with Gasteiger partial charge >= 0.3 is 0 Å².